The minimum absolute atomic E-state index is 0. The molecule has 0 aliphatic rings. The predicted octanol–water partition coefficient (Wildman–Crippen LogP) is -0.0604. The molecule has 0 saturated carbocycles. The summed E-state index contributed by atoms with van der Waals surface area (Å²) in [6.07, 6.45) is 0.462. The van der Waals surface area contributed by atoms with Gasteiger partial charge in [0, 0.05) is 6.54 Å². The van der Waals surface area contributed by atoms with Crippen LogP contribution in [0.3, 0.4) is 0 Å². The van der Waals surface area contributed by atoms with Crippen molar-refractivity contribution in [1.29, 1.82) is 0 Å². The highest BCUT2D eigenvalue weighted by Crippen LogP contribution is 2.12. The van der Waals surface area contributed by atoms with Gasteiger partial charge in [0.1, 0.15) is 0 Å². The van der Waals surface area contributed by atoms with E-state index in [2.05, 4.69) is 10.6 Å². The second kappa shape index (κ2) is 11.4. The molecule has 2 amide bonds. The maximum absolute atomic E-state index is 11.9. The number of esters is 1. The molecule has 0 spiro atoms. The number of methoxy groups -OCH3 is 1. The Morgan fingerprint density at radius 3 is 2.50 bits per heavy atom. The van der Waals surface area contributed by atoms with Crippen LogP contribution in [0.5, 0.6) is 0 Å². The maximum Gasteiger partial charge on any atom is 0.310 e. The number of carbonyl (C=O) groups is 3. The minimum Gasteiger partial charge on any atom is -0.469 e. The lowest BCUT2D eigenvalue weighted by atomic mass is 9.98. The lowest BCUT2D eigenvalue weighted by Crippen LogP contribution is -2.42. The first-order chi connectivity index (χ1) is 11.0. The number of rotatable bonds is 8. The molecule has 1 aromatic rings. The van der Waals surface area contributed by atoms with Crippen molar-refractivity contribution >= 4 is 30.2 Å². The van der Waals surface area contributed by atoms with Crippen LogP contribution in [-0.2, 0) is 25.5 Å². The van der Waals surface area contributed by atoms with Crippen LogP contribution in [0.1, 0.15) is 11.1 Å². The molecule has 0 aliphatic heterocycles. The van der Waals surface area contributed by atoms with Crippen LogP contribution in [0.15, 0.2) is 24.3 Å². The summed E-state index contributed by atoms with van der Waals surface area (Å²) in [4.78, 5) is 34.5. The Kier molecular flexibility index (Phi) is 10.4. The highest BCUT2D eigenvalue weighted by Gasteiger charge is 2.20. The molecule has 24 heavy (non-hydrogen) atoms. The van der Waals surface area contributed by atoms with Gasteiger partial charge in [-0.25, -0.2) is 0 Å². The van der Waals surface area contributed by atoms with Crippen molar-refractivity contribution in [1.82, 2.24) is 10.6 Å². The fourth-order valence-electron chi connectivity index (χ4n) is 2.08. The molecule has 0 bridgehead atoms. The van der Waals surface area contributed by atoms with Gasteiger partial charge in [-0.15, -0.1) is 12.4 Å². The molecular weight excluding hydrogens is 334 g/mol. The number of aryl methyl sites for hydroxylation is 1. The summed E-state index contributed by atoms with van der Waals surface area (Å²) in [7, 11) is 1.31. The summed E-state index contributed by atoms with van der Waals surface area (Å²) < 4.78 is 4.79. The number of ether oxygens (including phenoxy) is 1. The van der Waals surface area contributed by atoms with Crippen molar-refractivity contribution in [3.8, 4) is 0 Å². The van der Waals surface area contributed by atoms with E-state index in [-0.39, 0.29) is 37.9 Å². The summed E-state index contributed by atoms with van der Waals surface area (Å²) >= 11 is 0. The number of nitrogens with one attached hydrogen (secondary N) is 2. The Morgan fingerprint density at radius 2 is 1.92 bits per heavy atom. The normalized spacial score (nSPS) is 11.0. The van der Waals surface area contributed by atoms with Gasteiger partial charge in [-0.05, 0) is 18.9 Å². The molecule has 7 nitrogen and oxygen atoms in total. The quantitative estimate of drug-likeness (QED) is 0.564. The smallest absolute Gasteiger partial charge is 0.310 e. The molecule has 0 heterocycles. The van der Waals surface area contributed by atoms with Crippen LogP contribution in [0, 0.1) is 12.8 Å². The van der Waals surface area contributed by atoms with Crippen molar-refractivity contribution in [3.63, 3.8) is 0 Å². The first kappa shape index (κ1) is 21.9. The van der Waals surface area contributed by atoms with Crippen molar-refractivity contribution in [2.24, 2.45) is 11.7 Å². The number of hydrogen-bond donors (Lipinski definition) is 3. The Hall–Kier alpha value is -2.12. The molecule has 1 atom stereocenters. The van der Waals surface area contributed by atoms with E-state index in [9.17, 15) is 14.4 Å². The van der Waals surface area contributed by atoms with Crippen LogP contribution in [0.4, 0.5) is 0 Å². The zero-order valence-corrected chi connectivity index (χ0v) is 14.7. The lowest BCUT2D eigenvalue weighted by Gasteiger charge is -2.16. The van der Waals surface area contributed by atoms with Gasteiger partial charge >= 0.3 is 5.97 Å². The summed E-state index contributed by atoms with van der Waals surface area (Å²) in [5.74, 6) is -1.68. The molecule has 0 aliphatic carbocycles. The maximum atomic E-state index is 11.9. The summed E-state index contributed by atoms with van der Waals surface area (Å²) in [5.41, 5.74) is 7.22. The van der Waals surface area contributed by atoms with Gasteiger partial charge in [-0.2, -0.15) is 0 Å². The summed E-state index contributed by atoms with van der Waals surface area (Å²) in [6, 6.07) is 7.80. The highest BCUT2D eigenvalue weighted by molar-refractivity contribution is 5.86. The van der Waals surface area contributed by atoms with Gasteiger partial charge in [-0.1, -0.05) is 29.8 Å². The Labute approximate surface area is 147 Å². The lowest BCUT2D eigenvalue weighted by molar-refractivity contribution is -0.145. The monoisotopic (exact) mass is 357 g/mol. The van der Waals surface area contributed by atoms with E-state index < -0.39 is 17.8 Å². The van der Waals surface area contributed by atoms with Crippen molar-refractivity contribution in [2.45, 2.75) is 13.3 Å². The average molecular weight is 358 g/mol. The minimum atomic E-state index is -0.490. The number of halogens is 1. The Bertz CT molecular complexity index is 566. The Balaban J connectivity index is 0.00000529. The van der Waals surface area contributed by atoms with Crippen LogP contribution in [0.2, 0.25) is 0 Å². The second-order valence-corrected chi connectivity index (χ2v) is 5.20. The molecule has 1 unspecified atom stereocenters. The zero-order valence-electron chi connectivity index (χ0n) is 13.8. The van der Waals surface area contributed by atoms with E-state index in [0.717, 1.165) is 11.1 Å². The van der Waals surface area contributed by atoms with E-state index in [1.807, 2.05) is 31.2 Å². The molecule has 134 valence electrons. The highest BCUT2D eigenvalue weighted by atomic mass is 35.5. The van der Waals surface area contributed by atoms with Gasteiger partial charge < -0.3 is 21.1 Å². The first-order valence-electron chi connectivity index (χ1n) is 7.33. The molecule has 4 N–H and O–H groups in total. The van der Waals surface area contributed by atoms with Crippen molar-refractivity contribution in [3.05, 3.63) is 35.4 Å². The van der Waals surface area contributed by atoms with Crippen LogP contribution >= 0.6 is 12.4 Å². The van der Waals surface area contributed by atoms with Gasteiger partial charge in [0.25, 0.3) is 0 Å². The molecule has 0 saturated heterocycles. The van der Waals surface area contributed by atoms with Gasteiger partial charge in [0.05, 0.1) is 26.1 Å². The van der Waals surface area contributed by atoms with E-state index in [4.69, 9.17) is 10.5 Å². The van der Waals surface area contributed by atoms with Crippen LogP contribution < -0.4 is 16.4 Å². The average Bonchev–Trinajstić information content (AvgIpc) is 2.55. The van der Waals surface area contributed by atoms with E-state index in [1.54, 1.807) is 0 Å². The molecule has 0 fully saturated rings. The van der Waals surface area contributed by atoms with Crippen molar-refractivity contribution < 1.29 is 19.1 Å². The molecule has 1 rings (SSSR count). The SMILES string of the molecule is COC(=O)C(CNC(=O)CNC(=O)CN)Cc1cccc(C)c1.Cl. The molecule has 0 aromatic heterocycles. The number of amides is 2. The predicted molar refractivity (Wildman–Crippen MR) is 92.7 cm³/mol. The number of benzene rings is 1. The van der Waals surface area contributed by atoms with E-state index >= 15 is 0 Å². The standard InChI is InChI=1S/C16H23N3O4.ClH/c1-11-4-3-5-12(6-11)7-13(16(22)23-2)9-18-15(21)10-19-14(20)8-17;/h3-6,13H,7-10,17H2,1-2H3,(H,18,21)(H,19,20);1H. The third-order valence-electron chi connectivity index (χ3n) is 3.28. The third-order valence-corrected chi connectivity index (χ3v) is 3.28. The van der Waals surface area contributed by atoms with E-state index in [0.29, 0.717) is 6.42 Å². The largest absolute Gasteiger partial charge is 0.469 e. The number of carbonyl (C=O) groups excluding carboxylic acids is 3. The Morgan fingerprint density at radius 1 is 1.21 bits per heavy atom. The second-order valence-electron chi connectivity index (χ2n) is 5.20. The molecule has 0 radical (unpaired) electrons. The van der Waals surface area contributed by atoms with Gasteiger partial charge in [-0.3, -0.25) is 14.4 Å². The molecule has 8 heteroatoms. The molecule has 1 aromatic carbocycles. The summed E-state index contributed by atoms with van der Waals surface area (Å²) in [5, 5.41) is 4.98. The summed E-state index contributed by atoms with van der Waals surface area (Å²) in [6.45, 7) is 1.76. The fourth-order valence-corrected chi connectivity index (χ4v) is 2.08. The fraction of sp³-hybridized carbons (Fsp3) is 0.438. The van der Waals surface area contributed by atoms with Gasteiger partial charge in [0.15, 0.2) is 0 Å². The first-order valence-corrected chi connectivity index (χ1v) is 7.33. The van der Waals surface area contributed by atoms with E-state index in [1.165, 1.54) is 7.11 Å². The number of nitrogens with two attached hydrogens (primary N) is 1. The zero-order chi connectivity index (χ0) is 17.2. The van der Waals surface area contributed by atoms with Crippen LogP contribution in [-0.4, -0.2) is 44.5 Å². The van der Waals surface area contributed by atoms with Gasteiger partial charge in [0.2, 0.25) is 11.8 Å². The van der Waals surface area contributed by atoms with Crippen LogP contribution in [0.25, 0.3) is 0 Å². The third kappa shape index (κ3) is 7.94. The molecular formula is C16H24ClN3O4. The topological polar surface area (TPSA) is 111 Å². The number of hydrogen-bond acceptors (Lipinski definition) is 5. The van der Waals surface area contributed by atoms with Crippen molar-refractivity contribution in [2.75, 3.05) is 26.7 Å².